The van der Waals surface area contributed by atoms with E-state index < -0.39 is 0 Å². The maximum atomic E-state index is 6.30. The van der Waals surface area contributed by atoms with Crippen LogP contribution < -0.4 is 5.73 Å². The molecule has 0 aliphatic heterocycles. The molecule has 0 spiro atoms. The van der Waals surface area contributed by atoms with Crippen LogP contribution in [0.15, 0.2) is 24.3 Å². The van der Waals surface area contributed by atoms with E-state index in [9.17, 15) is 0 Å². The van der Waals surface area contributed by atoms with Crippen molar-refractivity contribution in [2.45, 2.75) is 52.6 Å². The molecule has 108 valence electrons. The lowest BCUT2D eigenvalue weighted by Gasteiger charge is -2.26. The summed E-state index contributed by atoms with van der Waals surface area (Å²) in [5, 5.41) is 0. The first-order valence-corrected chi connectivity index (χ1v) is 7.48. The van der Waals surface area contributed by atoms with E-state index in [2.05, 4.69) is 63.9 Å². The van der Waals surface area contributed by atoms with E-state index >= 15 is 0 Å². The molecule has 1 aromatic rings. The summed E-state index contributed by atoms with van der Waals surface area (Å²) in [6.45, 7) is 9.88. The molecule has 19 heavy (non-hydrogen) atoms. The Morgan fingerprint density at radius 1 is 1.11 bits per heavy atom. The molecule has 2 nitrogen and oxygen atoms in total. The van der Waals surface area contributed by atoms with Crippen molar-refractivity contribution >= 4 is 0 Å². The van der Waals surface area contributed by atoms with Crippen LogP contribution in [0.25, 0.3) is 0 Å². The first-order valence-electron chi connectivity index (χ1n) is 7.48. The molecule has 0 aliphatic carbocycles. The van der Waals surface area contributed by atoms with Crippen LogP contribution in [0.2, 0.25) is 0 Å². The highest BCUT2D eigenvalue weighted by Crippen LogP contribution is 2.16. The minimum atomic E-state index is 0.104. The van der Waals surface area contributed by atoms with Gasteiger partial charge >= 0.3 is 0 Å². The van der Waals surface area contributed by atoms with E-state index in [-0.39, 0.29) is 6.04 Å². The van der Waals surface area contributed by atoms with Gasteiger partial charge in [-0.2, -0.15) is 0 Å². The number of benzene rings is 1. The summed E-state index contributed by atoms with van der Waals surface area (Å²) in [5.74, 6) is 0.705. The van der Waals surface area contributed by atoms with Gasteiger partial charge in [-0.15, -0.1) is 0 Å². The Hall–Kier alpha value is -0.860. The van der Waals surface area contributed by atoms with Crippen molar-refractivity contribution in [3.05, 3.63) is 35.4 Å². The summed E-state index contributed by atoms with van der Waals surface area (Å²) in [5.41, 5.74) is 8.94. The smallest absolute Gasteiger partial charge is 0.0424 e. The summed E-state index contributed by atoms with van der Waals surface area (Å²) in [4.78, 5) is 2.34. The first kappa shape index (κ1) is 16.2. The van der Waals surface area contributed by atoms with Crippen molar-refractivity contribution in [3.63, 3.8) is 0 Å². The molecule has 0 bridgehead atoms. The summed E-state index contributed by atoms with van der Waals surface area (Å²) < 4.78 is 0. The van der Waals surface area contributed by atoms with E-state index in [4.69, 9.17) is 5.73 Å². The van der Waals surface area contributed by atoms with E-state index in [1.807, 2.05) is 0 Å². The summed E-state index contributed by atoms with van der Waals surface area (Å²) >= 11 is 0. The molecule has 0 saturated heterocycles. The Morgan fingerprint density at radius 2 is 1.68 bits per heavy atom. The van der Waals surface area contributed by atoms with Crippen LogP contribution in [0.4, 0.5) is 0 Å². The van der Waals surface area contributed by atoms with Crippen molar-refractivity contribution in [3.8, 4) is 0 Å². The molecule has 0 aliphatic rings. The van der Waals surface area contributed by atoms with Crippen molar-refractivity contribution in [2.75, 3.05) is 13.6 Å². The lowest BCUT2D eigenvalue weighted by atomic mass is 9.99. The second-order valence-electron chi connectivity index (χ2n) is 6.14. The quantitative estimate of drug-likeness (QED) is 0.813. The molecule has 0 saturated carbocycles. The van der Waals surface area contributed by atoms with Crippen LogP contribution >= 0.6 is 0 Å². The number of hydrogen-bond donors (Lipinski definition) is 1. The molecule has 0 amide bonds. The normalized spacial score (nSPS) is 14.9. The van der Waals surface area contributed by atoms with Gasteiger partial charge in [0.05, 0.1) is 0 Å². The number of rotatable bonds is 7. The average molecular weight is 262 g/mol. The van der Waals surface area contributed by atoms with Crippen LogP contribution in [-0.4, -0.2) is 24.5 Å². The van der Waals surface area contributed by atoms with Crippen LogP contribution in [0, 0.1) is 5.92 Å². The van der Waals surface area contributed by atoms with Gasteiger partial charge in [-0.3, -0.25) is 0 Å². The standard InChI is InChI=1S/C17H30N2/c1-6-14(4)19(5)12-17(18)16-9-7-15(8-10-16)11-13(2)3/h7-10,13-14,17H,6,11-12,18H2,1-5H3. The van der Waals surface area contributed by atoms with E-state index in [0.29, 0.717) is 12.0 Å². The third-order valence-electron chi connectivity index (χ3n) is 3.88. The molecule has 1 aromatic carbocycles. The lowest BCUT2D eigenvalue weighted by molar-refractivity contribution is 0.237. The zero-order valence-electron chi connectivity index (χ0n) is 13.2. The van der Waals surface area contributed by atoms with Gasteiger partial charge in [0.2, 0.25) is 0 Å². The molecule has 0 radical (unpaired) electrons. The highest BCUT2D eigenvalue weighted by molar-refractivity contribution is 5.25. The Kier molecular flexibility index (Phi) is 6.53. The van der Waals surface area contributed by atoms with Gasteiger partial charge in [0, 0.05) is 18.6 Å². The van der Waals surface area contributed by atoms with Gasteiger partial charge in [-0.05, 0) is 43.9 Å². The summed E-state index contributed by atoms with van der Waals surface area (Å²) in [7, 11) is 2.15. The molecule has 2 unspecified atom stereocenters. The SMILES string of the molecule is CCC(C)N(C)CC(N)c1ccc(CC(C)C)cc1. The van der Waals surface area contributed by atoms with Crippen molar-refractivity contribution < 1.29 is 0 Å². The third kappa shape index (κ3) is 5.33. The van der Waals surface area contributed by atoms with Crippen LogP contribution in [0.3, 0.4) is 0 Å². The van der Waals surface area contributed by atoms with Crippen molar-refractivity contribution in [1.29, 1.82) is 0 Å². The maximum absolute atomic E-state index is 6.30. The zero-order chi connectivity index (χ0) is 14.4. The first-order chi connectivity index (χ1) is 8.93. The Balaban J connectivity index is 2.60. The second-order valence-corrected chi connectivity index (χ2v) is 6.14. The molecular formula is C17H30N2. The van der Waals surface area contributed by atoms with Crippen LogP contribution in [0.1, 0.15) is 51.3 Å². The predicted molar refractivity (Wildman–Crippen MR) is 84.3 cm³/mol. The lowest BCUT2D eigenvalue weighted by Crippen LogP contribution is -2.35. The molecule has 2 N–H and O–H groups in total. The van der Waals surface area contributed by atoms with Crippen LogP contribution in [-0.2, 0) is 6.42 Å². The van der Waals surface area contributed by atoms with Gasteiger partial charge in [0.25, 0.3) is 0 Å². The van der Waals surface area contributed by atoms with Gasteiger partial charge < -0.3 is 10.6 Å². The monoisotopic (exact) mass is 262 g/mol. The summed E-state index contributed by atoms with van der Waals surface area (Å²) in [6.07, 6.45) is 2.30. The maximum Gasteiger partial charge on any atom is 0.0424 e. The molecule has 0 heterocycles. The molecule has 1 rings (SSSR count). The topological polar surface area (TPSA) is 29.3 Å². The Labute approximate surface area is 119 Å². The van der Waals surface area contributed by atoms with Gasteiger partial charge in [0.15, 0.2) is 0 Å². The fourth-order valence-electron chi connectivity index (χ4n) is 2.28. The largest absolute Gasteiger partial charge is 0.323 e. The van der Waals surface area contributed by atoms with Gasteiger partial charge in [-0.25, -0.2) is 0 Å². The van der Waals surface area contributed by atoms with E-state index in [1.54, 1.807) is 0 Å². The van der Waals surface area contributed by atoms with E-state index in [0.717, 1.165) is 19.4 Å². The Bertz CT molecular complexity index is 356. The minimum absolute atomic E-state index is 0.104. The highest BCUT2D eigenvalue weighted by atomic mass is 15.1. The summed E-state index contributed by atoms with van der Waals surface area (Å²) in [6, 6.07) is 9.51. The predicted octanol–water partition coefficient (Wildman–Crippen LogP) is 3.62. The molecule has 0 aromatic heterocycles. The number of hydrogen-bond acceptors (Lipinski definition) is 2. The molecule has 2 heteroatoms. The van der Waals surface area contributed by atoms with E-state index in [1.165, 1.54) is 11.1 Å². The average Bonchev–Trinajstić information content (AvgIpc) is 2.37. The second kappa shape index (κ2) is 7.66. The number of nitrogens with two attached hydrogens (primary N) is 1. The third-order valence-corrected chi connectivity index (χ3v) is 3.88. The molecule has 0 fully saturated rings. The molecule has 2 atom stereocenters. The van der Waals surface area contributed by atoms with Crippen molar-refractivity contribution in [1.82, 2.24) is 4.90 Å². The fourth-order valence-corrected chi connectivity index (χ4v) is 2.28. The minimum Gasteiger partial charge on any atom is -0.323 e. The number of likely N-dealkylation sites (N-methyl/N-ethyl adjacent to an activating group) is 1. The molecular weight excluding hydrogens is 232 g/mol. The van der Waals surface area contributed by atoms with Crippen LogP contribution in [0.5, 0.6) is 0 Å². The Morgan fingerprint density at radius 3 is 2.16 bits per heavy atom. The van der Waals surface area contributed by atoms with Gasteiger partial charge in [-0.1, -0.05) is 45.0 Å². The fraction of sp³-hybridized carbons (Fsp3) is 0.647. The van der Waals surface area contributed by atoms with Crippen molar-refractivity contribution in [2.24, 2.45) is 11.7 Å². The zero-order valence-corrected chi connectivity index (χ0v) is 13.2. The van der Waals surface area contributed by atoms with Gasteiger partial charge in [0.1, 0.15) is 0 Å². The number of nitrogens with zero attached hydrogens (tertiary/aromatic N) is 1. The highest BCUT2D eigenvalue weighted by Gasteiger charge is 2.13.